The van der Waals surface area contributed by atoms with Crippen LogP contribution >= 0.6 is 0 Å². The first-order valence-corrected chi connectivity index (χ1v) is 5.53. The Morgan fingerprint density at radius 3 is 2.42 bits per heavy atom. The van der Waals surface area contributed by atoms with Gasteiger partial charge in [0.05, 0.1) is 0 Å². The zero-order chi connectivity index (χ0) is 14.3. The van der Waals surface area contributed by atoms with Gasteiger partial charge in [-0.15, -0.1) is 0 Å². The van der Waals surface area contributed by atoms with Crippen molar-refractivity contribution < 1.29 is 27.8 Å². The summed E-state index contributed by atoms with van der Waals surface area (Å²) < 4.78 is 46.1. The Hall–Kier alpha value is -1.37. The number of benzene rings is 1. The van der Waals surface area contributed by atoms with Crippen molar-refractivity contribution in [1.29, 1.82) is 0 Å². The lowest BCUT2D eigenvalue weighted by Gasteiger charge is -2.21. The molecule has 0 fully saturated rings. The summed E-state index contributed by atoms with van der Waals surface area (Å²) in [6.07, 6.45) is -6.15. The molecule has 1 aromatic rings. The molecule has 1 N–H and O–H groups in total. The summed E-state index contributed by atoms with van der Waals surface area (Å²) in [5.41, 5.74) is 0.568. The molecule has 1 aromatic carbocycles. The molecule has 0 aliphatic carbocycles. The number of allylic oxidation sites excluding steroid dienone is 1. The third-order valence-electron chi connectivity index (χ3n) is 2.29. The number of hydrogen-bond acceptors (Lipinski definition) is 3. The van der Waals surface area contributed by atoms with E-state index in [-0.39, 0.29) is 12.9 Å². The minimum Gasteiger partial charge on any atom is -0.386 e. The van der Waals surface area contributed by atoms with Crippen LogP contribution in [0, 0.1) is 0 Å². The number of rotatable bonds is 6. The van der Waals surface area contributed by atoms with Crippen LogP contribution in [0.3, 0.4) is 0 Å². The van der Waals surface area contributed by atoms with Crippen LogP contribution in [0.4, 0.5) is 13.2 Å². The fourth-order valence-electron chi connectivity index (χ4n) is 1.48. The van der Waals surface area contributed by atoms with Gasteiger partial charge in [0.2, 0.25) is 0 Å². The molecule has 0 bridgehead atoms. The summed E-state index contributed by atoms with van der Waals surface area (Å²) >= 11 is 0. The van der Waals surface area contributed by atoms with Crippen molar-refractivity contribution in [3.8, 4) is 0 Å². The molecule has 0 heterocycles. The summed E-state index contributed by atoms with van der Waals surface area (Å²) in [6, 6.07) is 8.49. The third kappa shape index (κ3) is 5.87. The van der Waals surface area contributed by atoms with E-state index in [0.29, 0.717) is 11.6 Å². The second kappa shape index (κ2) is 7.28. The highest BCUT2D eigenvalue weighted by atomic mass is 19.4. The van der Waals surface area contributed by atoms with Crippen molar-refractivity contribution in [2.45, 2.75) is 18.4 Å². The van der Waals surface area contributed by atoms with E-state index in [1.54, 1.807) is 30.3 Å². The lowest BCUT2D eigenvalue weighted by Crippen LogP contribution is -2.21. The van der Waals surface area contributed by atoms with Crippen molar-refractivity contribution in [2.75, 3.05) is 13.9 Å². The van der Waals surface area contributed by atoms with Gasteiger partial charge in [-0.25, -0.2) is 0 Å². The number of methoxy groups -OCH3 is 1. The fraction of sp³-hybridized carbons (Fsp3) is 0.385. The standard InChI is InChI=1S/C13H15F3O3/c1-18-9-19-12(10-5-3-2-4-6-10)11(17)7-8-13(14,15)16/h2-8,11-12,17H,9H2,1H3/b8-7-/t11-,12-/m1/s1. The number of ether oxygens (including phenoxy) is 2. The number of alkyl halides is 3. The molecule has 0 saturated carbocycles. The van der Waals surface area contributed by atoms with Crippen LogP contribution < -0.4 is 0 Å². The molecule has 1 rings (SSSR count). The van der Waals surface area contributed by atoms with Gasteiger partial charge in [0.15, 0.2) is 0 Å². The van der Waals surface area contributed by atoms with Crippen LogP contribution in [-0.2, 0) is 9.47 Å². The van der Waals surface area contributed by atoms with Crippen LogP contribution in [0.15, 0.2) is 42.5 Å². The summed E-state index contributed by atoms with van der Waals surface area (Å²) in [5.74, 6) is 0. The maximum Gasteiger partial charge on any atom is 0.409 e. The molecule has 0 saturated heterocycles. The molecule has 0 aliphatic rings. The highest BCUT2D eigenvalue weighted by Gasteiger charge is 2.25. The number of hydrogen-bond donors (Lipinski definition) is 1. The summed E-state index contributed by atoms with van der Waals surface area (Å²) in [4.78, 5) is 0. The Labute approximate surface area is 109 Å². The molecule has 0 aliphatic heterocycles. The van der Waals surface area contributed by atoms with Gasteiger partial charge in [0.25, 0.3) is 0 Å². The maximum absolute atomic E-state index is 12.1. The minimum atomic E-state index is -4.47. The molecule has 0 unspecified atom stereocenters. The van der Waals surface area contributed by atoms with Crippen LogP contribution in [0.1, 0.15) is 11.7 Å². The van der Waals surface area contributed by atoms with Crippen LogP contribution in [0.5, 0.6) is 0 Å². The Kier molecular flexibility index (Phi) is 6.01. The molecule has 0 amide bonds. The number of halogens is 3. The van der Waals surface area contributed by atoms with Crippen molar-refractivity contribution in [3.05, 3.63) is 48.0 Å². The minimum absolute atomic E-state index is 0.0101. The van der Waals surface area contributed by atoms with E-state index >= 15 is 0 Å². The van der Waals surface area contributed by atoms with Crippen molar-refractivity contribution in [1.82, 2.24) is 0 Å². The van der Waals surface area contributed by atoms with Crippen LogP contribution in [0.25, 0.3) is 0 Å². The van der Waals surface area contributed by atoms with Crippen molar-refractivity contribution in [3.63, 3.8) is 0 Å². The van der Waals surface area contributed by atoms with Gasteiger partial charge >= 0.3 is 6.18 Å². The molecule has 6 heteroatoms. The van der Waals surface area contributed by atoms with Crippen molar-refractivity contribution in [2.24, 2.45) is 0 Å². The van der Waals surface area contributed by atoms with E-state index in [1.165, 1.54) is 7.11 Å². The van der Waals surface area contributed by atoms with E-state index in [9.17, 15) is 18.3 Å². The van der Waals surface area contributed by atoms with E-state index in [4.69, 9.17) is 9.47 Å². The predicted molar refractivity (Wildman–Crippen MR) is 63.3 cm³/mol. The zero-order valence-electron chi connectivity index (χ0n) is 10.3. The average Bonchev–Trinajstić information content (AvgIpc) is 2.37. The molecular weight excluding hydrogens is 261 g/mol. The fourth-order valence-corrected chi connectivity index (χ4v) is 1.48. The van der Waals surface area contributed by atoms with Gasteiger partial charge in [-0.2, -0.15) is 13.2 Å². The summed E-state index contributed by atoms with van der Waals surface area (Å²) in [5, 5.41) is 9.78. The normalized spacial score (nSPS) is 15.6. The lowest BCUT2D eigenvalue weighted by molar-refractivity contribution is -0.106. The largest absolute Gasteiger partial charge is 0.409 e. The van der Waals surface area contributed by atoms with Crippen molar-refractivity contribution >= 4 is 0 Å². The summed E-state index contributed by atoms with van der Waals surface area (Å²) in [7, 11) is 1.39. The first-order chi connectivity index (χ1) is 8.94. The average molecular weight is 276 g/mol. The quantitative estimate of drug-likeness (QED) is 0.641. The Balaban J connectivity index is 2.82. The summed E-state index contributed by atoms with van der Waals surface area (Å²) in [6.45, 7) is -0.128. The number of aliphatic hydroxyl groups is 1. The molecule has 0 radical (unpaired) electrons. The molecule has 0 aromatic heterocycles. The maximum atomic E-state index is 12.1. The zero-order valence-corrected chi connectivity index (χ0v) is 10.3. The van der Waals surface area contributed by atoms with Gasteiger partial charge in [-0.05, 0) is 11.6 Å². The predicted octanol–water partition coefficient (Wildman–Crippen LogP) is 2.83. The highest BCUT2D eigenvalue weighted by Crippen LogP contribution is 2.24. The van der Waals surface area contributed by atoms with Crippen LogP contribution in [-0.4, -0.2) is 31.3 Å². The van der Waals surface area contributed by atoms with E-state index in [1.807, 2.05) is 0 Å². The van der Waals surface area contributed by atoms with E-state index in [0.717, 1.165) is 0 Å². The Morgan fingerprint density at radius 2 is 1.89 bits per heavy atom. The van der Waals surface area contributed by atoms with Gasteiger partial charge in [-0.3, -0.25) is 0 Å². The van der Waals surface area contributed by atoms with E-state index < -0.39 is 18.4 Å². The van der Waals surface area contributed by atoms with Crippen LogP contribution in [0.2, 0.25) is 0 Å². The second-order valence-electron chi connectivity index (χ2n) is 3.80. The molecule has 3 nitrogen and oxygen atoms in total. The van der Waals surface area contributed by atoms with Gasteiger partial charge < -0.3 is 14.6 Å². The molecule has 2 atom stereocenters. The monoisotopic (exact) mass is 276 g/mol. The Bertz CT molecular complexity index is 390. The Morgan fingerprint density at radius 1 is 1.26 bits per heavy atom. The molecule has 19 heavy (non-hydrogen) atoms. The highest BCUT2D eigenvalue weighted by molar-refractivity contribution is 5.20. The van der Waals surface area contributed by atoms with Gasteiger partial charge in [-0.1, -0.05) is 30.3 Å². The van der Waals surface area contributed by atoms with E-state index in [2.05, 4.69) is 0 Å². The van der Waals surface area contributed by atoms with Gasteiger partial charge in [0.1, 0.15) is 19.0 Å². The first-order valence-electron chi connectivity index (χ1n) is 5.53. The molecule has 0 spiro atoms. The third-order valence-corrected chi connectivity index (χ3v) is 2.29. The second-order valence-corrected chi connectivity index (χ2v) is 3.80. The lowest BCUT2D eigenvalue weighted by atomic mass is 10.0. The molecule has 106 valence electrons. The first kappa shape index (κ1) is 15.7. The smallest absolute Gasteiger partial charge is 0.386 e. The SMILES string of the molecule is COCO[C@H](c1ccccc1)[C@H](O)/C=C\C(F)(F)F. The topological polar surface area (TPSA) is 38.7 Å². The van der Waals surface area contributed by atoms with Gasteiger partial charge in [0, 0.05) is 13.2 Å². The number of aliphatic hydroxyl groups excluding tert-OH is 1. The molecular formula is C13H15F3O3.